The van der Waals surface area contributed by atoms with E-state index in [1.54, 1.807) is 0 Å². The van der Waals surface area contributed by atoms with Gasteiger partial charge in [-0.2, -0.15) is 0 Å². The molecule has 0 saturated carbocycles. The number of primary amides is 1. The van der Waals surface area contributed by atoms with Crippen molar-refractivity contribution in [1.82, 2.24) is 10.3 Å². The molecule has 1 amide bonds. The Morgan fingerprint density at radius 1 is 1.48 bits per heavy atom. The summed E-state index contributed by atoms with van der Waals surface area (Å²) in [5.41, 5.74) is 12.9. The van der Waals surface area contributed by atoms with Crippen molar-refractivity contribution < 1.29 is 19.7 Å². The summed E-state index contributed by atoms with van der Waals surface area (Å²) in [5.74, 6) is 0.890. The van der Waals surface area contributed by atoms with Gasteiger partial charge in [0.05, 0.1) is 18.4 Å². The quantitative estimate of drug-likeness (QED) is 0.425. The van der Waals surface area contributed by atoms with E-state index in [4.69, 9.17) is 26.3 Å². The summed E-state index contributed by atoms with van der Waals surface area (Å²) < 4.78 is 5.05. The van der Waals surface area contributed by atoms with Crippen molar-refractivity contribution in [3.8, 4) is 5.06 Å². The number of aromatic nitrogens is 1. The zero-order chi connectivity index (χ0) is 21.0. The van der Waals surface area contributed by atoms with E-state index >= 15 is 0 Å². The number of pyridine rings is 1. The second-order valence-corrected chi connectivity index (χ2v) is 8.26. The van der Waals surface area contributed by atoms with Crippen LogP contribution in [-0.4, -0.2) is 59.7 Å². The Hall–Kier alpha value is -2.14. The molecule has 0 aromatic carbocycles. The van der Waals surface area contributed by atoms with Crippen LogP contribution in [0.1, 0.15) is 31.7 Å². The Bertz CT molecular complexity index is 851. The molecule has 2 aromatic rings. The number of carbonyl (C=O) groups excluding carboxylic acids is 1. The van der Waals surface area contributed by atoms with Gasteiger partial charge < -0.3 is 36.6 Å². The van der Waals surface area contributed by atoms with Crippen LogP contribution in [-0.2, 0) is 6.42 Å². The van der Waals surface area contributed by atoms with Gasteiger partial charge in [-0.3, -0.25) is 0 Å². The van der Waals surface area contributed by atoms with Gasteiger partial charge in [0.2, 0.25) is 5.06 Å². The smallest absolute Gasteiger partial charge is 0.397 e. The summed E-state index contributed by atoms with van der Waals surface area (Å²) in [6, 6.07) is 2.38. The van der Waals surface area contributed by atoms with Crippen molar-refractivity contribution in [2.45, 2.75) is 44.8 Å². The van der Waals surface area contributed by atoms with Crippen LogP contribution in [0.5, 0.6) is 5.06 Å². The van der Waals surface area contributed by atoms with E-state index in [-0.39, 0.29) is 6.61 Å². The van der Waals surface area contributed by atoms with Gasteiger partial charge in [-0.15, -0.1) is 0 Å². The maximum Gasteiger partial charge on any atom is 0.410 e. The molecule has 7 N–H and O–H groups in total. The molecule has 0 radical (unpaired) electrons. The average molecular weight is 424 g/mol. The molecule has 1 fully saturated rings. The number of aliphatic hydroxyl groups is 2. The number of carbonyl (C=O) groups is 1. The van der Waals surface area contributed by atoms with Crippen molar-refractivity contribution in [3.05, 3.63) is 11.6 Å². The van der Waals surface area contributed by atoms with Crippen LogP contribution in [0.2, 0.25) is 0 Å². The molecule has 0 aliphatic carbocycles. The number of thiophene rings is 1. The van der Waals surface area contributed by atoms with Gasteiger partial charge in [-0.25, -0.2) is 9.78 Å². The van der Waals surface area contributed by atoms with Crippen LogP contribution in [0.3, 0.4) is 0 Å². The Balaban J connectivity index is 1.78. The van der Waals surface area contributed by atoms with E-state index in [1.807, 2.05) is 0 Å². The maximum absolute atomic E-state index is 11.2. The number of aliphatic hydroxyl groups excluding tert-OH is 2. The van der Waals surface area contributed by atoms with Gasteiger partial charge in [0.25, 0.3) is 0 Å². The third-order valence-electron chi connectivity index (χ3n) is 5.12. The number of amides is 1. The fourth-order valence-corrected chi connectivity index (χ4v) is 4.63. The standard InChI is InChI=1S/C19H29N5O4S/c1-2-3-11-8-14(23-17-15(11)16(20)18(29-17)28-19(21)27)24-6-4-12(5-7-24)22-9-13(26)10-25/h8,12-13,22,25-26H,2-7,9-10,20H2,1H3,(H2,21,27). The molecule has 1 aliphatic heterocycles. The minimum atomic E-state index is -0.888. The van der Waals surface area contributed by atoms with Gasteiger partial charge in [-0.1, -0.05) is 24.7 Å². The second kappa shape index (κ2) is 9.57. The predicted molar refractivity (Wildman–Crippen MR) is 115 cm³/mol. The fraction of sp³-hybridized carbons (Fsp3) is 0.579. The Labute approximate surface area is 173 Å². The number of ether oxygens (including phenoxy) is 1. The molecule has 0 spiro atoms. The molecule has 3 heterocycles. The molecule has 2 aromatic heterocycles. The minimum absolute atomic E-state index is 0.235. The number of nitrogens with one attached hydrogen (secondary N) is 1. The highest BCUT2D eigenvalue weighted by Crippen LogP contribution is 2.42. The van der Waals surface area contributed by atoms with Crippen LogP contribution < -0.4 is 26.4 Å². The zero-order valence-electron chi connectivity index (χ0n) is 16.6. The van der Waals surface area contributed by atoms with Gasteiger partial charge in [0.1, 0.15) is 10.6 Å². The molecule has 3 rings (SSSR count). The van der Waals surface area contributed by atoms with Gasteiger partial charge in [-0.05, 0) is 30.9 Å². The number of nitrogens with two attached hydrogens (primary N) is 2. The number of aryl methyl sites for hydroxylation is 1. The molecule has 1 unspecified atom stereocenters. The Morgan fingerprint density at radius 3 is 2.83 bits per heavy atom. The summed E-state index contributed by atoms with van der Waals surface area (Å²) in [6.07, 6.45) is 2.03. The number of fused-ring (bicyclic) bond motifs is 1. The largest absolute Gasteiger partial charge is 0.410 e. The maximum atomic E-state index is 11.2. The highest BCUT2D eigenvalue weighted by Gasteiger charge is 2.23. The number of rotatable bonds is 8. The molecule has 9 nitrogen and oxygen atoms in total. The first-order valence-electron chi connectivity index (χ1n) is 9.89. The summed E-state index contributed by atoms with van der Waals surface area (Å²) in [5, 5.41) is 22.9. The number of anilines is 2. The van der Waals surface area contributed by atoms with Crippen molar-refractivity contribution >= 4 is 39.2 Å². The molecule has 1 atom stereocenters. The number of hydrogen-bond acceptors (Lipinski definition) is 9. The predicted octanol–water partition coefficient (Wildman–Crippen LogP) is 1.20. The van der Waals surface area contributed by atoms with E-state index < -0.39 is 12.2 Å². The van der Waals surface area contributed by atoms with Gasteiger partial charge in [0.15, 0.2) is 0 Å². The summed E-state index contributed by atoms with van der Waals surface area (Å²) in [4.78, 5) is 18.9. The van der Waals surface area contributed by atoms with Crippen LogP contribution in [0.25, 0.3) is 10.2 Å². The molecule has 1 aliphatic rings. The van der Waals surface area contributed by atoms with E-state index in [1.165, 1.54) is 11.3 Å². The van der Waals surface area contributed by atoms with Crippen molar-refractivity contribution in [3.63, 3.8) is 0 Å². The SMILES string of the molecule is CCCc1cc(N2CCC(NCC(O)CO)CC2)nc2sc(OC(N)=O)c(N)c12. The normalized spacial score (nSPS) is 16.3. The van der Waals surface area contributed by atoms with Gasteiger partial charge >= 0.3 is 6.09 Å². The Kier molecular flexibility index (Phi) is 7.12. The third kappa shape index (κ3) is 5.08. The van der Waals surface area contributed by atoms with E-state index in [9.17, 15) is 9.90 Å². The average Bonchev–Trinajstić information content (AvgIpc) is 3.01. The monoisotopic (exact) mass is 423 g/mol. The summed E-state index contributed by atoms with van der Waals surface area (Å²) in [6.45, 7) is 3.93. The molecular formula is C19H29N5O4S. The topological polar surface area (TPSA) is 147 Å². The number of piperidine rings is 1. The van der Waals surface area contributed by atoms with Crippen molar-refractivity contribution in [2.75, 3.05) is 36.9 Å². The molecule has 10 heteroatoms. The Morgan fingerprint density at radius 2 is 2.21 bits per heavy atom. The minimum Gasteiger partial charge on any atom is -0.397 e. The molecule has 0 bridgehead atoms. The lowest BCUT2D eigenvalue weighted by atomic mass is 10.0. The van der Waals surface area contributed by atoms with Gasteiger partial charge in [0, 0.05) is 31.1 Å². The summed E-state index contributed by atoms with van der Waals surface area (Å²) >= 11 is 1.24. The molecule has 29 heavy (non-hydrogen) atoms. The van der Waals surface area contributed by atoms with E-state index in [0.29, 0.717) is 23.3 Å². The molecular weight excluding hydrogens is 394 g/mol. The second-order valence-electron chi connectivity index (χ2n) is 7.30. The van der Waals surface area contributed by atoms with E-state index in [2.05, 4.69) is 23.2 Å². The molecule has 1 saturated heterocycles. The van der Waals surface area contributed by atoms with Crippen LogP contribution in [0.15, 0.2) is 6.07 Å². The summed E-state index contributed by atoms with van der Waals surface area (Å²) in [7, 11) is 0. The fourth-order valence-electron chi connectivity index (χ4n) is 3.64. The lowest BCUT2D eigenvalue weighted by molar-refractivity contribution is 0.0909. The number of hydrogen-bond donors (Lipinski definition) is 5. The third-order valence-corrected chi connectivity index (χ3v) is 6.09. The first-order chi connectivity index (χ1) is 13.9. The van der Waals surface area contributed by atoms with E-state index in [0.717, 1.165) is 60.4 Å². The number of nitrogen functional groups attached to an aromatic ring is 1. The first kappa shape index (κ1) is 21.6. The zero-order valence-corrected chi connectivity index (χ0v) is 17.4. The first-order valence-corrected chi connectivity index (χ1v) is 10.7. The number of nitrogens with zero attached hydrogens (tertiary/aromatic N) is 2. The van der Waals surface area contributed by atoms with Crippen molar-refractivity contribution in [2.24, 2.45) is 5.73 Å². The highest BCUT2D eigenvalue weighted by atomic mass is 32.1. The van der Waals surface area contributed by atoms with Crippen LogP contribution >= 0.6 is 11.3 Å². The van der Waals surface area contributed by atoms with Crippen LogP contribution in [0, 0.1) is 0 Å². The van der Waals surface area contributed by atoms with Crippen LogP contribution in [0.4, 0.5) is 16.3 Å². The molecule has 160 valence electrons. The lowest BCUT2D eigenvalue weighted by Gasteiger charge is -2.33. The lowest BCUT2D eigenvalue weighted by Crippen LogP contribution is -2.45. The highest BCUT2D eigenvalue weighted by molar-refractivity contribution is 7.21. The van der Waals surface area contributed by atoms with Crippen molar-refractivity contribution in [1.29, 1.82) is 0 Å².